The van der Waals surface area contributed by atoms with Gasteiger partial charge in [-0.2, -0.15) is 20.1 Å². The minimum atomic E-state index is -0.329. The van der Waals surface area contributed by atoms with E-state index in [1.165, 1.54) is 6.07 Å². The monoisotopic (exact) mass is 471 g/mol. The second-order valence-corrected chi connectivity index (χ2v) is 7.27. The third-order valence-corrected chi connectivity index (χ3v) is 4.88. The van der Waals surface area contributed by atoms with Crippen LogP contribution in [0.5, 0.6) is 0 Å². The van der Waals surface area contributed by atoms with Crippen LogP contribution in [0.25, 0.3) is 0 Å². The maximum absolute atomic E-state index is 13.4. The summed E-state index contributed by atoms with van der Waals surface area (Å²) in [6.45, 7) is 2.63. The number of ether oxygens (including phenoxy) is 1. The molecule has 1 aliphatic rings. The Labute approximate surface area is 181 Å². The lowest BCUT2D eigenvalue weighted by molar-refractivity contribution is 0.122. The number of para-hydroxylation sites is 1. The number of aromatic nitrogens is 3. The molecule has 2 aromatic carbocycles. The van der Waals surface area contributed by atoms with Gasteiger partial charge in [0.2, 0.25) is 17.8 Å². The molecule has 8 nitrogen and oxygen atoms in total. The highest BCUT2D eigenvalue weighted by Crippen LogP contribution is 2.19. The van der Waals surface area contributed by atoms with Crippen LogP contribution in [0.3, 0.4) is 0 Å². The van der Waals surface area contributed by atoms with E-state index in [1.54, 1.807) is 18.3 Å². The predicted molar refractivity (Wildman–Crippen MR) is 118 cm³/mol. The molecule has 1 aliphatic heterocycles. The van der Waals surface area contributed by atoms with Gasteiger partial charge in [0.25, 0.3) is 0 Å². The van der Waals surface area contributed by atoms with Crippen molar-refractivity contribution in [3.05, 3.63) is 64.4 Å². The summed E-state index contributed by atoms with van der Waals surface area (Å²) in [6.07, 6.45) is 1.56. The van der Waals surface area contributed by atoms with Crippen molar-refractivity contribution in [3.8, 4) is 0 Å². The van der Waals surface area contributed by atoms with Crippen LogP contribution in [-0.2, 0) is 4.74 Å². The van der Waals surface area contributed by atoms with Gasteiger partial charge in [-0.3, -0.25) is 0 Å². The Morgan fingerprint density at radius 2 is 1.80 bits per heavy atom. The van der Waals surface area contributed by atoms with Gasteiger partial charge in [0.05, 0.1) is 23.9 Å². The first-order chi connectivity index (χ1) is 14.7. The average molecular weight is 472 g/mol. The fraction of sp³-hybridized carbons (Fsp3) is 0.200. The van der Waals surface area contributed by atoms with E-state index in [4.69, 9.17) is 4.74 Å². The summed E-state index contributed by atoms with van der Waals surface area (Å²) in [5.74, 6) is 0.903. The maximum atomic E-state index is 13.4. The largest absolute Gasteiger partial charge is 0.378 e. The number of hydrogen-bond donors (Lipinski definition) is 2. The van der Waals surface area contributed by atoms with Crippen LogP contribution in [0.4, 0.5) is 27.9 Å². The Bertz CT molecular complexity index is 1030. The quantitative estimate of drug-likeness (QED) is 0.417. The number of nitrogens with zero attached hydrogens (tertiary/aromatic N) is 5. The predicted octanol–water partition coefficient (Wildman–Crippen LogP) is 3.80. The molecular formula is C20H19BrFN7O. The van der Waals surface area contributed by atoms with Gasteiger partial charge < -0.3 is 15.0 Å². The van der Waals surface area contributed by atoms with E-state index in [-0.39, 0.29) is 5.82 Å². The van der Waals surface area contributed by atoms with Gasteiger partial charge in [0.1, 0.15) is 5.82 Å². The second kappa shape index (κ2) is 9.59. The van der Waals surface area contributed by atoms with Crippen molar-refractivity contribution in [1.29, 1.82) is 0 Å². The molecule has 0 amide bonds. The lowest BCUT2D eigenvalue weighted by Gasteiger charge is -2.27. The number of hydrogen-bond acceptors (Lipinski definition) is 8. The molecule has 1 aromatic heterocycles. The van der Waals surface area contributed by atoms with Crippen LogP contribution in [0.1, 0.15) is 5.56 Å². The molecule has 0 bridgehead atoms. The summed E-state index contributed by atoms with van der Waals surface area (Å²) in [4.78, 5) is 15.4. The third kappa shape index (κ3) is 5.28. The molecule has 0 atom stereocenters. The van der Waals surface area contributed by atoms with Crippen molar-refractivity contribution in [2.75, 3.05) is 41.9 Å². The van der Waals surface area contributed by atoms with E-state index in [0.29, 0.717) is 48.6 Å². The molecule has 0 saturated carbocycles. The smallest absolute Gasteiger partial charge is 0.250 e. The molecule has 154 valence electrons. The normalized spacial score (nSPS) is 14.1. The number of rotatable bonds is 6. The van der Waals surface area contributed by atoms with Crippen molar-refractivity contribution in [3.63, 3.8) is 0 Å². The lowest BCUT2D eigenvalue weighted by atomic mass is 10.2. The van der Waals surface area contributed by atoms with Crippen LogP contribution >= 0.6 is 15.9 Å². The first kappa shape index (κ1) is 20.2. The van der Waals surface area contributed by atoms with Gasteiger partial charge in [-0.05, 0) is 45.8 Å². The zero-order chi connectivity index (χ0) is 20.8. The van der Waals surface area contributed by atoms with E-state index in [9.17, 15) is 4.39 Å². The average Bonchev–Trinajstić information content (AvgIpc) is 2.77. The van der Waals surface area contributed by atoms with Crippen molar-refractivity contribution < 1.29 is 9.13 Å². The number of anilines is 4. The molecule has 1 fully saturated rings. The molecule has 30 heavy (non-hydrogen) atoms. The third-order valence-electron chi connectivity index (χ3n) is 4.27. The van der Waals surface area contributed by atoms with E-state index < -0.39 is 0 Å². The summed E-state index contributed by atoms with van der Waals surface area (Å²) in [5.41, 5.74) is 4.42. The molecule has 0 spiro atoms. The minimum absolute atomic E-state index is 0.294. The number of benzene rings is 2. The van der Waals surface area contributed by atoms with Crippen molar-refractivity contribution >= 4 is 45.7 Å². The molecule has 1 saturated heterocycles. The van der Waals surface area contributed by atoms with Gasteiger partial charge in [-0.25, -0.2) is 9.82 Å². The molecular weight excluding hydrogens is 453 g/mol. The highest BCUT2D eigenvalue weighted by atomic mass is 79.9. The summed E-state index contributed by atoms with van der Waals surface area (Å²) in [7, 11) is 0. The Hall–Kier alpha value is -3.11. The molecule has 0 radical (unpaired) electrons. The molecule has 10 heteroatoms. The second-order valence-electron chi connectivity index (χ2n) is 6.42. The zero-order valence-corrected chi connectivity index (χ0v) is 17.5. The topological polar surface area (TPSA) is 87.6 Å². The lowest BCUT2D eigenvalue weighted by Crippen LogP contribution is -2.37. The SMILES string of the molecule is Fc1ccc(/C=N\Nc2nc(Nc3ccccc3)nc(N3CCOCC3)n2)cc1Br. The summed E-state index contributed by atoms with van der Waals surface area (Å²) in [6, 6.07) is 14.3. The number of morpholine rings is 1. The van der Waals surface area contributed by atoms with Gasteiger partial charge in [0.15, 0.2) is 0 Å². The number of hydrazone groups is 1. The molecule has 3 aromatic rings. The van der Waals surface area contributed by atoms with Gasteiger partial charge >= 0.3 is 0 Å². The first-order valence-corrected chi connectivity index (χ1v) is 10.1. The van der Waals surface area contributed by atoms with Crippen LogP contribution in [0, 0.1) is 5.82 Å². The van der Waals surface area contributed by atoms with E-state index in [2.05, 4.69) is 46.7 Å². The molecule has 2 N–H and O–H groups in total. The van der Waals surface area contributed by atoms with E-state index in [1.807, 2.05) is 35.2 Å². The summed E-state index contributed by atoms with van der Waals surface area (Å²) >= 11 is 3.16. The van der Waals surface area contributed by atoms with Crippen molar-refractivity contribution in [1.82, 2.24) is 15.0 Å². The highest BCUT2D eigenvalue weighted by Gasteiger charge is 2.16. The van der Waals surface area contributed by atoms with E-state index in [0.717, 1.165) is 11.3 Å². The van der Waals surface area contributed by atoms with E-state index >= 15 is 0 Å². The molecule has 4 rings (SSSR count). The molecule has 0 unspecified atom stereocenters. The molecule has 2 heterocycles. The number of nitrogens with one attached hydrogen (secondary N) is 2. The van der Waals surface area contributed by atoms with Crippen LogP contribution < -0.4 is 15.6 Å². The zero-order valence-electron chi connectivity index (χ0n) is 15.9. The van der Waals surface area contributed by atoms with Crippen LogP contribution in [0.15, 0.2) is 58.1 Å². The van der Waals surface area contributed by atoms with Crippen LogP contribution in [-0.4, -0.2) is 47.5 Å². The number of halogens is 2. The summed E-state index contributed by atoms with van der Waals surface area (Å²) < 4.78 is 19.2. The fourth-order valence-electron chi connectivity index (χ4n) is 2.78. The Morgan fingerprint density at radius 3 is 2.57 bits per heavy atom. The van der Waals surface area contributed by atoms with Crippen molar-refractivity contribution in [2.24, 2.45) is 5.10 Å². The first-order valence-electron chi connectivity index (χ1n) is 9.32. The standard InChI is InChI=1S/C20H19BrFN7O/c21-16-12-14(6-7-17(16)22)13-23-28-19-25-18(24-15-4-2-1-3-5-15)26-20(27-19)29-8-10-30-11-9-29/h1-7,12-13H,8-11H2,(H2,24,25,26,27,28)/b23-13-. The van der Waals surface area contributed by atoms with Gasteiger partial charge in [-0.1, -0.05) is 24.3 Å². The Kier molecular flexibility index (Phi) is 6.45. The van der Waals surface area contributed by atoms with Gasteiger partial charge in [0, 0.05) is 18.8 Å². The Balaban J connectivity index is 1.56. The fourth-order valence-corrected chi connectivity index (χ4v) is 3.18. The highest BCUT2D eigenvalue weighted by molar-refractivity contribution is 9.10. The van der Waals surface area contributed by atoms with Crippen LogP contribution in [0.2, 0.25) is 0 Å². The summed E-state index contributed by atoms with van der Waals surface area (Å²) in [5, 5.41) is 7.36. The van der Waals surface area contributed by atoms with Crippen molar-refractivity contribution in [2.45, 2.75) is 0 Å². The maximum Gasteiger partial charge on any atom is 0.250 e. The Morgan fingerprint density at radius 1 is 1.03 bits per heavy atom. The minimum Gasteiger partial charge on any atom is -0.378 e. The molecule has 0 aliphatic carbocycles. The van der Waals surface area contributed by atoms with Gasteiger partial charge in [-0.15, -0.1) is 0 Å².